The molecule has 3 atom stereocenters. The van der Waals surface area contributed by atoms with Gasteiger partial charge in [0.15, 0.2) is 0 Å². The molecule has 1 aliphatic carbocycles. The van der Waals surface area contributed by atoms with E-state index in [2.05, 4.69) is 64.3 Å². The van der Waals surface area contributed by atoms with Gasteiger partial charge in [0.05, 0.1) is 11.4 Å². The maximum absolute atomic E-state index is 13.4. The normalized spacial score (nSPS) is 31.7. The van der Waals surface area contributed by atoms with E-state index >= 15 is 0 Å². The maximum atomic E-state index is 13.4. The molecule has 6 nitrogen and oxygen atoms in total. The summed E-state index contributed by atoms with van der Waals surface area (Å²) in [4.78, 5) is 18.1. The third-order valence-corrected chi connectivity index (χ3v) is 7.78. The van der Waals surface area contributed by atoms with E-state index in [0.29, 0.717) is 5.91 Å². The van der Waals surface area contributed by atoms with E-state index in [1.54, 1.807) is 0 Å². The zero-order chi connectivity index (χ0) is 20.2. The second-order valence-electron chi connectivity index (χ2n) is 9.99. The first kappa shape index (κ1) is 18.8. The zero-order valence-electron chi connectivity index (χ0n) is 17.8. The van der Waals surface area contributed by atoms with Crippen molar-refractivity contribution in [3.63, 3.8) is 0 Å². The summed E-state index contributed by atoms with van der Waals surface area (Å²) < 4.78 is 1.84. The number of rotatable bonds is 3. The summed E-state index contributed by atoms with van der Waals surface area (Å²) in [6.07, 6.45) is 2.54. The maximum Gasteiger partial charge on any atom is 0.226 e. The lowest BCUT2D eigenvalue weighted by atomic mass is 9.71. The second kappa shape index (κ2) is 6.66. The van der Waals surface area contributed by atoms with Crippen LogP contribution >= 0.6 is 0 Å². The van der Waals surface area contributed by atoms with Crippen LogP contribution < -0.4 is 0 Å². The minimum Gasteiger partial charge on any atom is -0.341 e. The highest BCUT2D eigenvalue weighted by molar-refractivity contribution is 5.80. The van der Waals surface area contributed by atoms with Crippen LogP contribution in [0.5, 0.6) is 0 Å². The molecule has 3 unspecified atom stereocenters. The highest BCUT2D eigenvalue weighted by atomic mass is 16.2. The Morgan fingerprint density at radius 1 is 1.10 bits per heavy atom. The summed E-state index contributed by atoms with van der Waals surface area (Å²) in [6.45, 7) is 9.63. The van der Waals surface area contributed by atoms with Crippen LogP contribution in [0.1, 0.15) is 37.2 Å². The molecule has 3 heterocycles. The van der Waals surface area contributed by atoms with Gasteiger partial charge >= 0.3 is 0 Å². The summed E-state index contributed by atoms with van der Waals surface area (Å²) in [6, 6.07) is 10.7. The summed E-state index contributed by atoms with van der Waals surface area (Å²) in [5, 5.41) is 8.38. The number of benzene rings is 1. The van der Waals surface area contributed by atoms with Gasteiger partial charge < -0.3 is 4.90 Å². The Kier molecular flexibility index (Phi) is 4.32. The predicted octanol–water partition coefficient (Wildman–Crippen LogP) is 2.29. The number of aromatic nitrogens is 3. The largest absolute Gasteiger partial charge is 0.341 e. The van der Waals surface area contributed by atoms with Gasteiger partial charge in [0.25, 0.3) is 0 Å². The number of carbonyl (C=O) groups is 1. The standard InChI is InChI=1S/C23H31N5O/c1-22-13-27(12-17-7-5-4-6-8-17)14-23(22,2)16-28(15-22)21(29)18-9-10-19-20(11-18)26(3)25-24-19/h4-8,18H,9-16H2,1-3H3. The smallest absolute Gasteiger partial charge is 0.226 e. The van der Waals surface area contributed by atoms with E-state index in [9.17, 15) is 4.79 Å². The van der Waals surface area contributed by atoms with Gasteiger partial charge in [-0.15, -0.1) is 5.10 Å². The molecule has 29 heavy (non-hydrogen) atoms. The molecule has 0 radical (unpaired) electrons. The van der Waals surface area contributed by atoms with Crippen molar-refractivity contribution in [3.8, 4) is 0 Å². The van der Waals surface area contributed by atoms with Crippen LogP contribution in [0.2, 0.25) is 0 Å². The van der Waals surface area contributed by atoms with Gasteiger partial charge in [-0.2, -0.15) is 0 Å². The van der Waals surface area contributed by atoms with Gasteiger partial charge in [-0.3, -0.25) is 14.4 Å². The minimum atomic E-state index is 0.0751. The molecule has 0 bridgehead atoms. The topological polar surface area (TPSA) is 54.3 Å². The molecule has 1 aromatic carbocycles. The Morgan fingerprint density at radius 2 is 1.79 bits per heavy atom. The molecule has 2 aliphatic heterocycles. The van der Waals surface area contributed by atoms with Crippen molar-refractivity contribution < 1.29 is 4.79 Å². The Balaban J connectivity index is 1.27. The number of hydrogen-bond donors (Lipinski definition) is 0. The summed E-state index contributed by atoms with van der Waals surface area (Å²) >= 11 is 0. The van der Waals surface area contributed by atoms with Crippen molar-refractivity contribution in [1.29, 1.82) is 0 Å². The van der Waals surface area contributed by atoms with Crippen LogP contribution in [0.3, 0.4) is 0 Å². The van der Waals surface area contributed by atoms with Gasteiger partial charge in [0.1, 0.15) is 0 Å². The molecule has 6 heteroatoms. The monoisotopic (exact) mass is 393 g/mol. The van der Waals surface area contributed by atoms with Crippen molar-refractivity contribution in [2.24, 2.45) is 23.8 Å². The van der Waals surface area contributed by atoms with Crippen LogP contribution in [-0.2, 0) is 31.2 Å². The summed E-state index contributed by atoms with van der Waals surface area (Å²) in [7, 11) is 1.93. The molecular formula is C23H31N5O. The van der Waals surface area contributed by atoms with Gasteiger partial charge in [-0.1, -0.05) is 49.4 Å². The van der Waals surface area contributed by atoms with E-state index in [1.807, 2.05) is 11.7 Å². The van der Waals surface area contributed by atoms with Crippen molar-refractivity contribution in [2.75, 3.05) is 26.2 Å². The predicted molar refractivity (Wildman–Crippen MR) is 111 cm³/mol. The first-order valence-corrected chi connectivity index (χ1v) is 10.8. The number of fused-ring (bicyclic) bond motifs is 2. The molecule has 0 saturated carbocycles. The third-order valence-electron chi connectivity index (χ3n) is 7.78. The number of likely N-dealkylation sites (tertiary alicyclic amines) is 2. The van der Waals surface area contributed by atoms with Crippen molar-refractivity contribution in [1.82, 2.24) is 24.8 Å². The quantitative estimate of drug-likeness (QED) is 0.803. The highest BCUT2D eigenvalue weighted by Gasteiger charge is 2.58. The number of nitrogens with zero attached hydrogens (tertiary/aromatic N) is 5. The van der Waals surface area contributed by atoms with Crippen molar-refractivity contribution in [2.45, 2.75) is 39.7 Å². The Morgan fingerprint density at radius 3 is 2.48 bits per heavy atom. The lowest BCUT2D eigenvalue weighted by Crippen LogP contribution is -2.40. The first-order chi connectivity index (χ1) is 13.9. The Labute approximate surface area is 172 Å². The lowest BCUT2D eigenvalue weighted by molar-refractivity contribution is -0.135. The summed E-state index contributed by atoms with van der Waals surface area (Å²) in [5.74, 6) is 0.412. The summed E-state index contributed by atoms with van der Waals surface area (Å²) in [5.41, 5.74) is 3.90. The van der Waals surface area contributed by atoms with Crippen LogP contribution in [-0.4, -0.2) is 56.9 Å². The zero-order valence-corrected chi connectivity index (χ0v) is 17.8. The van der Waals surface area contributed by atoms with Gasteiger partial charge in [-0.05, 0) is 18.4 Å². The molecule has 154 valence electrons. The molecule has 2 aromatic rings. The fourth-order valence-corrected chi connectivity index (χ4v) is 5.89. The van der Waals surface area contributed by atoms with Crippen LogP contribution in [0.4, 0.5) is 0 Å². The van der Waals surface area contributed by atoms with Gasteiger partial charge in [0.2, 0.25) is 5.91 Å². The average molecular weight is 394 g/mol. The van der Waals surface area contributed by atoms with E-state index in [-0.39, 0.29) is 16.7 Å². The van der Waals surface area contributed by atoms with Crippen molar-refractivity contribution >= 4 is 5.91 Å². The lowest BCUT2D eigenvalue weighted by Gasteiger charge is -2.30. The number of hydrogen-bond acceptors (Lipinski definition) is 4. The molecule has 1 amide bonds. The van der Waals surface area contributed by atoms with E-state index < -0.39 is 0 Å². The molecule has 3 aliphatic rings. The first-order valence-electron chi connectivity index (χ1n) is 10.8. The van der Waals surface area contributed by atoms with Crippen LogP contribution in [0.25, 0.3) is 0 Å². The van der Waals surface area contributed by atoms with Crippen LogP contribution in [0.15, 0.2) is 30.3 Å². The second-order valence-corrected chi connectivity index (χ2v) is 9.99. The molecule has 1 aromatic heterocycles. The van der Waals surface area contributed by atoms with Crippen molar-refractivity contribution in [3.05, 3.63) is 47.3 Å². The molecule has 5 rings (SSSR count). The molecular weight excluding hydrogens is 362 g/mol. The number of aryl methyl sites for hydroxylation is 2. The van der Waals surface area contributed by atoms with E-state index in [0.717, 1.165) is 63.4 Å². The number of amides is 1. The number of carbonyl (C=O) groups excluding carboxylic acids is 1. The fraction of sp³-hybridized carbons (Fsp3) is 0.609. The highest BCUT2D eigenvalue weighted by Crippen LogP contribution is 2.52. The fourth-order valence-electron chi connectivity index (χ4n) is 5.89. The average Bonchev–Trinajstić information content (AvgIpc) is 3.26. The molecule has 2 saturated heterocycles. The minimum absolute atomic E-state index is 0.0751. The van der Waals surface area contributed by atoms with Gasteiger partial charge in [-0.25, -0.2) is 0 Å². The Bertz CT molecular complexity index is 905. The molecule has 0 spiro atoms. The van der Waals surface area contributed by atoms with E-state index in [4.69, 9.17) is 0 Å². The third kappa shape index (κ3) is 3.08. The van der Waals surface area contributed by atoms with Crippen LogP contribution in [0, 0.1) is 16.7 Å². The Hall–Kier alpha value is -2.21. The molecule has 2 fully saturated rings. The SMILES string of the molecule is Cn1nnc2c1CC(C(=O)N1CC3(C)CN(Cc4ccccc4)CC3(C)C1)CC2. The van der Waals surface area contributed by atoms with E-state index in [1.165, 1.54) is 5.56 Å². The van der Waals surface area contributed by atoms with Gasteiger partial charge in [0, 0.05) is 62.9 Å². The molecule has 0 N–H and O–H groups in total.